The van der Waals surface area contributed by atoms with Crippen molar-refractivity contribution < 1.29 is 0 Å². The van der Waals surface area contributed by atoms with Crippen molar-refractivity contribution in [1.29, 1.82) is 0 Å². The molecule has 0 radical (unpaired) electrons. The summed E-state index contributed by atoms with van der Waals surface area (Å²) in [6, 6.07) is 8.76. The summed E-state index contributed by atoms with van der Waals surface area (Å²) in [6.45, 7) is 2.21. The van der Waals surface area contributed by atoms with Crippen molar-refractivity contribution in [3.8, 4) is 11.1 Å². The lowest BCUT2D eigenvalue weighted by atomic mass is 9.81. The number of allylic oxidation sites excluding steroid dienone is 1. The van der Waals surface area contributed by atoms with E-state index in [1.165, 1.54) is 30.4 Å². The molecule has 24 heavy (non-hydrogen) atoms. The molecule has 1 aliphatic rings. The Morgan fingerprint density at radius 1 is 1.00 bits per heavy atom. The first-order valence-corrected chi connectivity index (χ1v) is 9.42. The summed E-state index contributed by atoms with van der Waals surface area (Å²) in [7, 11) is 0. The average molecular weight is 341 g/mol. The average Bonchev–Trinajstić information content (AvgIpc) is 2.64. The molecule has 1 saturated carbocycles. The Balaban J connectivity index is 1.65. The third-order valence-electron chi connectivity index (χ3n) is 4.98. The molecule has 1 aromatic heterocycles. The van der Waals surface area contributed by atoms with Crippen molar-refractivity contribution in [3.05, 3.63) is 59.7 Å². The standard InChI is InChI=1S/C21H25ClN2/c1-2-3-16-4-8-18(9-5-16)20-14-23-21(24-15-20)19-10-6-17(7-11-19)12-13-22/h4-5,8-9,12-15,17,19H,2-3,6-7,10-11H2,1H3. The highest BCUT2D eigenvalue weighted by atomic mass is 35.5. The molecule has 126 valence electrons. The molecule has 1 fully saturated rings. The Hall–Kier alpha value is -1.67. The van der Waals surface area contributed by atoms with Crippen LogP contribution in [0.15, 0.2) is 48.3 Å². The van der Waals surface area contributed by atoms with Gasteiger partial charge < -0.3 is 0 Å². The lowest BCUT2D eigenvalue weighted by Crippen LogP contribution is -2.13. The fourth-order valence-electron chi connectivity index (χ4n) is 3.52. The zero-order valence-corrected chi connectivity index (χ0v) is 15.0. The van der Waals surface area contributed by atoms with Gasteiger partial charge in [0.2, 0.25) is 0 Å². The smallest absolute Gasteiger partial charge is 0.131 e. The third-order valence-corrected chi connectivity index (χ3v) is 5.13. The first-order valence-electron chi connectivity index (χ1n) is 8.98. The van der Waals surface area contributed by atoms with Crippen LogP contribution in [0.4, 0.5) is 0 Å². The molecule has 0 spiro atoms. The van der Waals surface area contributed by atoms with E-state index < -0.39 is 0 Å². The number of hydrogen-bond acceptors (Lipinski definition) is 2. The minimum absolute atomic E-state index is 0.492. The predicted octanol–water partition coefficient (Wildman–Crippen LogP) is 6.12. The van der Waals surface area contributed by atoms with Gasteiger partial charge in [-0.15, -0.1) is 0 Å². The second-order valence-corrected chi connectivity index (χ2v) is 6.96. The van der Waals surface area contributed by atoms with Crippen molar-refractivity contribution in [2.75, 3.05) is 0 Å². The number of nitrogens with zero attached hydrogens (tertiary/aromatic N) is 2. The molecule has 0 atom stereocenters. The summed E-state index contributed by atoms with van der Waals surface area (Å²) in [5, 5.41) is 0. The van der Waals surface area contributed by atoms with Gasteiger partial charge >= 0.3 is 0 Å². The number of rotatable bonds is 5. The molecule has 2 aromatic rings. The Kier molecular flexibility index (Phi) is 6.03. The molecule has 1 aromatic carbocycles. The molecule has 0 aliphatic heterocycles. The normalized spacial score (nSPS) is 21.2. The molecule has 0 amide bonds. The Morgan fingerprint density at radius 3 is 2.25 bits per heavy atom. The SMILES string of the molecule is CCCc1ccc(-c2cnc(C3CCC(C=CCl)CC3)nc2)cc1. The maximum absolute atomic E-state index is 5.69. The molecule has 3 rings (SSSR count). The summed E-state index contributed by atoms with van der Waals surface area (Å²) in [5.41, 5.74) is 5.33. The summed E-state index contributed by atoms with van der Waals surface area (Å²) in [6.07, 6.45) is 13.0. The molecular formula is C21H25ClN2. The van der Waals surface area contributed by atoms with Crippen molar-refractivity contribution in [1.82, 2.24) is 9.97 Å². The Labute approximate surface area is 150 Å². The van der Waals surface area contributed by atoms with Gasteiger partial charge in [-0.1, -0.05) is 55.3 Å². The van der Waals surface area contributed by atoms with E-state index in [-0.39, 0.29) is 0 Å². The summed E-state index contributed by atoms with van der Waals surface area (Å²) in [4.78, 5) is 9.31. The molecule has 2 nitrogen and oxygen atoms in total. The topological polar surface area (TPSA) is 25.8 Å². The van der Waals surface area contributed by atoms with Crippen LogP contribution in [-0.4, -0.2) is 9.97 Å². The van der Waals surface area contributed by atoms with Crippen LogP contribution in [0, 0.1) is 5.92 Å². The third kappa shape index (κ3) is 4.24. The Morgan fingerprint density at radius 2 is 1.67 bits per heavy atom. The number of hydrogen-bond donors (Lipinski definition) is 0. The van der Waals surface area contributed by atoms with Gasteiger partial charge in [0.15, 0.2) is 0 Å². The van der Waals surface area contributed by atoms with Crippen LogP contribution in [0.25, 0.3) is 11.1 Å². The number of benzene rings is 1. The van der Waals surface area contributed by atoms with Gasteiger partial charge in [-0.2, -0.15) is 0 Å². The lowest BCUT2D eigenvalue weighted by Gasteiger charge is -2.25. The monoisotopic (exact) mass is 340 g/mol. The fraction of sp³-hybridized carbons (Fsp3) is 0.429. The molecule has 1 heterocycles. The largest absolute Gasteiger partial charge is 0.240 e. The van der Waals surface area contributed by atoms with Crippen LogP contribution in [-0.2, 0) is 6.42 Å². The number of aryl methyl sites for hydroxylation is 1. The maximum atomic E-state index is 5.69. The molecule has 3 heteroatoms. The summed E-state index contributed by atoms with van der Waals surface area (Å²) in [5.74, 6) is 2.11. The minimum Gasteiger partial charge on any atom is -0.240 e. The minimum atomic E-state index is 0.492. The first kappa shape index (κ1) is 17.2. The van der Waals surface area contributed by atoms with E-state index in [2.05, 4.69) is 47.2 Å². The van der Waals surface area contributed by atoms with Crippen molar-refractivity contribution in [2.24, 2.45) is 5.92 Å². The van der Waals surface area contributed by atoms with Gasteiger partial charge in [0.05, 0.1) is 0 Å². The van der Waals surface area contributed by atoms with E-state index in [4.69, 9.17) is 11.6 Å². The van der Waals surface area contributed by atoms with Crippen molar-refractivity contribution in [3.63, 3.8) is 0 Å². The van der Waals surface area contributed by atoms with E-state index >= 15 is 0 Å². The van der Waals surface area contributed by atoms with E-state index in [9.17, 15) is 0 Å². The number of aromatic nitrogens is 2. The van der Waals surface area contributed by atoms with Gasteiger partial charge in [0.25, 0.3) is 0 Å². The van der Waals surface area contributed by atoms with Crippen LogP contribution in [0.1, 0.15) is 56.3 Å². The van der Waals surface area contributed by atoms with Gasteiger partial charge in [-0.25, -0.2) is 9.97 Å². The molecule has 0 unspecified atom stereocenters. The van der Waals surface area contributed by atoms with Crippen LogP contribution in [0.2, 0.25) is 0 Å². The van der Waals surface area contributed by atoms with Crippen molar-refractivity contribution in [2.45, 2.75) is 51.4 Å². The highest BCUT2D eigenvalue weighted by Gasteiger charge is 2.22. The second kappa shape index (κ2) is 8.43. The maximum Gasteiger partial charge on any atom is 0.131 e. The van der Waals surface area contributed by atoms with E-state index in [0.717, 1.165) is 30.7 Å². The van der Waals surface area contributed by atoms with Crippen LogP contribution in [0.5, 0.6) is 0 Å². The highest BCUT2D eigenvalue weighted by Crippen LogP contribution is 2.35. The fourth-order valence-corrected chi connectivity index (χ4v) is 3.73. The zero-order valence-electron chi connectivity index (χ0n) is 14.3. The second-order valence-electron chi connectivity index (χ2n) is 6.71. The van der Waals surface area contributed by atoms with Crippen LogP contribution < -0.4 is 0 Å². The van der Waals surface area contributed by atoms with Crippen LogP contribution in [0.3, 0.4) is 0 Å². The zero-order chi connectivity index (χ0) is 16.8. The van der Waals surface area contributed by atoms with E-state index in [1.54, 1.807) is 5.54 Å². The number of halogens is 1. The van der Waals surface area contributed by atoms with Gasteiger partial charge in [0.1, 0.15) is 5.82 Å². The van der Waals surface area contributed by atoms with Gasteiger partial charge in [0, 0.05) is 29.4 Å². The predicted molar refractivity (Wildman–Crippen MR) is 101 cm³/mol. The Bertz CT molecular complexity index is 653. The summed E-state index contributed by atoms with van der Waals surface area (Å²) < 4.78 is 0. The van der Waals surface area contributed by atoms with Gasteiger partial charge in [-0.05, 0) is 49.1 Å². The van der Waals surface area contributed by atoms with E-state index in [0.29, 0.717) is 11.8 Å². The molecule has 0 saturated heterocycles. The molecule has 1 aliphatic carbocycles. The van der Waals surface area contributed by atoms with Crippen LogP contribution >= 0.6 is 11.6 Å². The van der Waals surface area contributed by atoms with E-state index in [1.807, 2.05) is 12.4 Å². The lowest BCUT2D eigenvalue weighted by molar-refractivity contribution is 0.366. The first-order chi connectivity index (χ1) is 11.8. The van der Waals surface area contributed by atoms with Gasteiger partial charge in [-0.3, -0.25) is 0 Å². The molecule has 0 N–H and O–H groups in total. The summed E-state index contributed by atoms with van der Waals surface area (Å²) >= 11 is 5.69. The van der Waals surface area contributed by atoms with Crippen molar-refractivity contribution >= 4 is 11.6 Å². The molecular weight excluding hydrogens is 316 g/mol. The highest BCUT2D eigenvalue weighted by molar-refractivity contribution is 6.25. The molecule has 0 bridgehead atoms. The quantitative estimate of drug-likeness (QED) is 0.655.